The number of aromatic amines is 1. The largest absolute Gasteiger partial charge is 0.444 e. The van der Waals surface area contributed by atoms with E-state index in [2.05, 4.69) is 39.5 Å². The summed E-state index contributed by atoms with van der Waals surface area (Å²) in [6, 6.07) is -0.00614. The van der Waals surface area contributed by atoms with E-state index in [-0.39, 0.29) is 12.1 Å². The van der Waals surface area contributed by atoms with E-state index in [9.17, 15) is 4.79 Å². The summed E-state index contributed by atoms with van der Waals surface area (Å²) in [6.07, 6.45) is 2.45. The molecule has 1 aromatic rings. The summed E-state index contributed by atoms with van der Waals surface area (Å²) in [7, 11) is 0. The molecule has 6 heteroatoms. The van der Waals surface area contributed by atoms with E-state index in [1.165, 1.54) is 0 Å². The number of halogens is 1. The Kier molecular flexibility index (Phi) is 4.08. The van der Waals surface area contributed by atoms with Crippen LogP contribution in [0.3, 0.4) is 0 Å². The number of aromatic nitrogens is 2. The molecule has 1 saturated heterocycles. The molecule has 19 heavy (non-hydrogen) atoms. The maximum atomic E-state index is 12.3. The van der Waals surface area contributed by atoms with E-state index in [1.807, 2.05) is 20.8 Å². The van der Waals surface area contributed by atoms with Gasteiger partial charge in [-0.1, -0.05) is 6.92 Å². The molecule has 0 radical (unpaired) electrons. The normalized spacial score (nSPS) is 23.7. The molecule has 0 aromatic carbocycles. The molecule has 0 spiro atoms. The van der Waals surface area contributed by atoms with Crippen molar-refractivity contribution in [1.82, 2.24) is 14.9 Å². The minimum atomic E-state index is -0.467. The average Bonchev–Trinajstić information content (AvgIpc) is 2.81. The lowest BCUT2D eigenvalue weighted by Gasteiger charge is -2.27. The highest BCUT2D eigenvalue weighted by Crippen LogP contribution is 2.34. The molecule has 106 valence electrons. The van der Waals surface area contributed by atoms with Gasteiger partial charge in [0.05, 0.1) is 15.9 Å². The molecule has 1 N–H and O–H groups in total. The molecule has 1 fully saturated rings. The van der Waals surface area contributed by atoms with Gasteiger partial charge in [0, 0.05) is 6.54 Å². The summed E-state index contributed by atoms with van der Waals surface area (Å²) in [6.45, 7) is 8.52. The quantitative estimate of drug-likeness (QED) is 0.764. The predicted molar refractivity (Wildman–Crippen MR) is 80.8 cm³/mol. The Morgan fingerprint density at radius 1 is 1.58 bits per heavy atom. The number of carbonyl (C=O) groups is 1. The third kappa shape index (κ3) is 3.61. The Labute approximate surface area is 127 Å². The highest BCUT2D eigenvalue weighted by molar-refractivity contribution is 14.1. The Morgan fingerprint density at radius 3 is 2.79 bits per heavy atom. The van der Waals surface area contributed by atoms with Crippen molar-refractivity contribution in [2.45, 2.75) is 45.8 Å². The SMILES string of the molecule is C[C@H]1CC(c2ncc(I)[nH]2)N(C(=O)OC(C)(C)C)C1. The lowest BCUT2D eigenvalue weighted by Crippen LogP contribution is -2.37. The van der Waals surface area contributed by atoms with E-state index < -0.39 is 5.60 Å². The average molecular weight is 377 g/mol. The van der Waals surface area contributed by atoms with Crippen molar-refractivity contribution in [3.63, 3.8) is 0 Å². The van der Waals surface area contributed by atoms with Gasteiger partial charge in [-0.05, 0) is 55.7 Å². The monoisotopic (exact) mass is 377 g/mol. The summed E-state index contributed by atoms with van der Waals surface area (Å²) in [5.41, 5.74) is -0.467. The van der Waals surface area contributed by atoms with Crippen molar-refractivity contribution >= 4 is 28.7 Å². The Balaban J connectivity index is 2.16. The predicted octanol–water partition coefficient (Wildman–Crippen LogP) is 3.33. The number of amides is 1. The minimum Gasteiger partial charge on any atom is -0.444 e. The molecule has 5 nitrogen and oxygen atoms in total. The van der Waals surface area contributed by atoms with Gasteiger partial charge in [-0.15, -0.1) is 0 Å². The highest BCUT2D eigenvalue weighted by atomic mass is 127. The second kappa shape index (κ2) is 5.30. The fraction of sp³-hybridized carbons (Fsp3) is 0.692. The van der Waals surface area contributed by atoms with Gasteiger partial charge in [0.1, 0.15) is 11.4 Å². The topological polar surface area (TPSA) is 58.2 Å². The van der Waals surface area contributed by atoms with Crippen LogP contribution in [0.2, 0.25) is 0 Å². The van der Waals surface area contributed by atoms with Crippen LogP contribution in [0.15, 0.2) is 6.20 Å². The third-order valence-corrected chi connectivity index (χ3v) is 3.57. The zero-order valence-corrected chi connectivity index (χ0v) is 13.9. The molecule has 1 aliphatic heterocycles. The fourth-order valence-electron chi connectivity index (χ4n) is 2.31. The summed E-state index contributed by atoms with van der Waals surface area (Å²) in [5.74, 6) is 1.31. The van der Waals surface area contributed by atoms with Crippen molar-refractivity contribution in [3.8, 4) is 0 Å². The number of nitrogens with one attached hydrogen (secondary N) is 1. The molecule has 1 aliphatic rings. The van der Waals surface area contributed by atoms with Crippen LogP contribution in [0.5, 0.6) is 0 Å². The van der Waals surface area contributed by atoms with Crippen LogP contribution < -0.4 is 0 Å². The van der Waals surface area contributed by atoms with Crippen LogP contribution in [-0.2, 0) is 4.74 Å². The van der Waals surface area contributed by atoms with Gasteiger partial charge in [0.15, 0.2) is 0 Å². The Hall–Kier alpha value is -0.790. The minimum absolute atomic E-state index is 0.00614. The van der Waals surface area contributed by atoms with Crippen molar-refractivity contribution in [2.24, 2.45) is 5.92 Å². The van der Waals surface area contributed by atoms with Gasteiger partial charge < -0.3 is 9.72 Å². The second-order valence-corrected chi connectivity index (χ2v) is 7.27. The van der Waals surface area contributed by atoms with Gasteiger partial charge in [-0.25, -0.2) is 9.78 Å². The van der Waals surface area contributed by atoms with Crippen LogP contribution in [0.1, 0.15) is 46.0 Å². The van der Waals surface area contributed by atoms with Crippen LogP contribution in [0.4, 0.5) is 4.79 Å². The molecular formula is C13H20IN3O2. The summed E-state index contributed by atoms with van der Waals surface area (Å²) >= 11 is 2.19. The fourth-order valence-corrected chi connectivity index (χ4v) is 2.73. The second-order valence-electron chi connectivity index (χ2n) is 6.11. The van der Waals surface area contributed by atoms with E-state index in [0.717, 1.165) is 22.5 Å². The number of nitrogens with zero attached hydrogens (tertiary/aromatic N) is 2. The maximum Gasteiger partial charge on any atom is 0.410 e. The first-order valence-corrected chi connectivity index (χ1v) is 7.54. The molecule has 1 amide bonds. The Morgan fingerprint density at radius 2 is 2.26 bits per heavy atom. The number of imidazole rings is 1. The zero-order chi connectivity index (χ0) is 14.2. The van der Waals surface area contributed by atoms with Crippen LogP contribution in [0.25, 0.3) is 0 Å². The van der Waals surface area contributed by atoms with Gasteiger partial charge in [-0.3, -0.25) is 4.90 Å². The first kappa shape index (κ1) is 14.6. The Bertz CT molecular complexity index is 467. The van der Waals surface area contributed by atoms with Gasteiger partial charge in [0.25, 0.3) is 0 Å². The summed E-state index contributed by atoms with van der Waals surface area (Å²) in [5, 5.41) is 0. The lowest BCUT2D eigenvalue weighted by atomic mass is 10.1. The van der Waals surface area contributed by atoms with Crippen LogP contribution >= 0.6 is 22.6 Å². The zero-order valence-electron chi connectivity index (χ0n) is 11.7. The van der Waals surface area contributed by atoms with Gasteiger partial charge in [0.2, 0.25) is 0 Å². The van der Waals surface area contributed by atoms with Crippen LogP contribution in [-0.4, -0.2) is 33.1 Å². The molecule has 2 heterocycles. The van der Waals surface area contributed by atoms with Crippen molar-refractivity contribution < 1.29 is 9.53 Å². The highest BCUT2D eigenvalue weighted by Gasteiger charge is 2.38. The number of hydrogen-bond donors (Lipinski definition) is 1. The van der Waals surface area contributed by atoms with E-state index >= 15 is 0 Å². The van der Waals surface area contributed by atoms with Crippen LogP contribution in [0, 0.1) is 9.62 Å². The molecule has 0 saturated carbocycles. The number of carbonyl (C=O) groups excluding carboxylic acids is 1. The first-order valence-electron chi connectivity index (χ1n) is 6.46. The standard InChI is InChI=1S/C13H20IN3O2/c1-8-5-9(11-15-6-10(14)16-11)17(7-8)12(18)19-13(2,3)4/h6,8-9H,5,7H2,1-4H3,(H,15,16)/t8-,9?/m0/s1. The number of hydrogen-bond acceptors (Lipinski definition) is 3. The van der Waals surface area contributed by atoms with Crippen molar-refractivity contribution in [3.05, 3.63) is 15.7 Å². The van der Waals surface area contributed by atoms with Crippen molar-refractivity contribution in [1.29, 1.82) is 0 Å². The number of ether oxygens (including phenoxy) is 1. The maximum absolute atomic E-state index is 12.3. The molecule has 2 rings (SSSR count). The van der Waals surface area contributed by atoms with E-state index in [4.69, 9.17) is 4.74 Å². The summed E-state index contributed by atoms with van der Waals surface area (Å²) < 4.78 is 6.45. The smallest absolute Gasteiger partial charge is 0.410 e. The molecular weight excluding hydrogens is 357 g/mol. The molecule has 1 unspecified atom stereocenters. The number of rotatable bonds is 1. The molecule has 0 aliphatic carbocycles. The number of likely N-dealkylation sites (tertiary alicyclic amines) is 1. The molecule has 2 atom stereocenters. The van der Waals surface area contributed by atoms with Gasteiger partial charge in [-0.2, -0.15) is 0 Å². The van der Waals surface area contributed by atoms with Crippen molar-refractivity contribution in [2.75, 3.05) is 6.54 Å². The van der Waals surface area contributed by atoms with E-state index in [0.29, 0.717) is 5.92 Å². The lowest BCUT2D eigenvalue weighted by molar-refractivity contribution is 0.0214. The van der Waals surface area contributed by atoms with Gasteiger partial charge >= 0.3 is 6.09 Å². The third-order valence-electron chi connectivity index (χ3n) is 3.02. The summed E-state index contributed by atoms with van der Waals surface area (Å²) in [4.78, 5) is 21.6. The molecule has 0 bridgehead atoms. The molecule has 1 aromatic heterocycles. The number of H-pyrrole nitrogens is 1. The first-order chi connectivity index (χ1) is 8.76. The van der Waals surface area contributed by atoms with E-state index in [1.54, 1.807) is 11.1 Å².